The number of rotatable bonds is 7. The maximum absolute atomic E-state index is 12.3. The number of thioether (sulfide) groups is 1. The number of ether oxygens (including phenoxy) is 1. The first kappa shape index (κ1) is 20.1. The summed E-state index contributed by atoms with van der Waals surface area (Å²) >= 11 is 1.35. The zero-order valence-electron chi connectivity index (χ0n) is 16.2. The van der Waals surface area contributed by atoms with E-state index in [4.69, 9.17) is 11.2 Å². The number of nitrogens with one attached hydrogen (secondary N) is 1. The van der Waals surface area contributed by atoms with Crippen LogP contribution in [0.2, 0.25) is 0 Å². The third kappa shape index (κ3) is 4.42. The summed E-state index contributed by atoms with van der Waals surface area (Å²) in [6, 6.07) is 7.76. The van der Waals surface area contributed by atoms with Crippen LogP contribution < -0.4 is 15.0 Å². The lowest BCUT2D eigenvalue weighted by molar-refractivity contribution is -0.120. The lowest BCUT2D eigenvalue weighted by atomic mass is 10.1. The SMILES string of the molecule is C#CCNC(=O)C(C)Sc1nnc(N2CCCCC2)n1-c1ccccc1OC. The van der Waals surface area contributed by atoms with Crippen LogP contribution >= 0.6 is 11.8 Å². The number of hydrogen-bond donors (Lipinski definition) is 1. The minimum absolute atomic E-state index is 0.128. The second-order valence-electron chi connectivity index (χ2n) is 6.52. The Kier molecular flexibility index (Phi) is 6.82. The Morgan fingerprint density at radius 3 is 2.79 bits per heavy atom. The fraction of sp³-hybridized carbons (Fsp3) is 0.450. The highest BCUT2D eigenvalue weighted by Crippen LogP contribution is 2.34. The predicted octanol–water partition coefficient (Wildman–Crippen LogP) is 2.50. The second kappa shape index (κ2) is 9.51. The smallest absolute Gasteiger partial charge is 0.234 e. The predicted molar refractivity (Wildman–Crippen MR) is 111 cm³/mol. The van der Waals surface area contributed by atoms with Crippen LogP contribution in [0.5, 0.6) is 5.75 Å². The van der Waals surface area contributed by atoms with E-state index in [1.165, 1.54) is 18.2 Å². The molecule has 28 heavy (non-hydrogen) atoms. The highest BCUT2D eigenvalue weighted by Gasteiger charge is 2.25. The first-order valence-corrected chi connectivity index (χ1v) is 10.2. The van der Waals surface area contributed by atoms with Gasteiger partial charge in [-0.05, 0) is 38.3 Å². The second-order valence-corrected chi connectivity index (χ2v) is 7.83. The monoisotopic (exact) mass is 399 g/mol. The summed E-state index contributed by atoms with van der Waals surface area (Å²) < 4.78 is 7.55. The van der Waals surface area contributed by atoms with E-state index in [2.05, 4.69) is 26.3 Å². The van der Waals surface area contributed by atoms with Gasteiger partial charge in [-0.15, -0.1) is 16.6 Å². The lowest BCUT2D eigenvalue weighted by Gasteiger charge is -2.28. The van der Waals surface area contributed by atoms with Gasteiger partial charge in [-0.2, -0.15) is 0 Å². The minimum atomic E-state index is -0.361. The molecule has 1 aromatic heterocycles. The van der Waals surface area contributed by atoms with E-state index < -0.39 is 0 Å². The molecule has 1 fully saturated rings. The Hall–Kier alpha value is -2.66. The first-order valence-electron chi connectivity index (χ1n) is 9.37. The Labute approximate surface area is 169 Å². The van der Waals surface area contributed by atoms with Gasteiger partial charge in [-0.1, -0.05) is 29.8 Å². The molecule has 2 heterocycles. The van der Waals surface area contributed by atoms with Crippen LogP contribution in [0.25, 0.3) is 5.69 Å². The van der Waals surface area contributed by atoms with Gasteiger partial charge in [0.2, 0.25) is 11.9 Å². The van der Waals surface area contributed by atoms with Crippen LogP contribution in [0.3, 0.4) is 0 Å². The van der Waals surface area contributed by atoms with Crippen molar-refractivity contribution in [1.82, 2.24) is 20.1 Å². The van der Waals surface area contributed by atoms with Crippen molar-refractivity contribution in [1.29, 1.82) is 0 Å². The van der Waals surface area contributed by atoms with Crippen molar-refractivity contribution >= 4 is 23.6 Å². The number of carbonyl (C=O) groups is 1. The number of anilines is 1. The standard InChI is InChI=1S/C20H25N5O2S/c1-4-12-21-18(26)15(2)28-20-23-22-19(24-13-8-5-9-14-24)25(20)16-10-6-7-11-17(16)27-3/h1,6-7,10-11,15H,5,8-9,12-14H2,2-3H3,(H,21,26). The molecule has 3 rings (SSSR count). The van der Waals surface area contributed by atoms with E-state index in [0.717, 1.165) is 43.3 Å². The normalized spacial score (nSPS) is 15.0. The van der Waals surface area contributed by atoms with Crippen molar-refractivity contribution in [2.24, 2.45) is 0 Å². The highest BCUT2D eigenvalue weighted by molar-refractivity contribution is 8.00. The number of terminal acetylenes is 1. The van der Waals surface area contributed by atoms with Crippen LogP contribution in [0.1, 0.15) is 26.2 Å². The van der Waals surface area contributed by atoms with E-state index in [1.54, 1.807) is 7.11 Å². The molecule has 1 atom stereocenters. The maximum Gasteiger partial charge on any atom is 0.234 e. The van der Waals surface area contributed by atoms with Gasteiger partial charge in [-0.3, -0.25) is 9.36 Å². The summed E-state index contributed by atoms with van der Waals surface area (Å²) in [6.45, 7) is 3.92. The maximum atomic E-state index is 12.3. The number of methoxy groups -OCH3 is 1. The molecule has 1 aromatic carbocycles. The largest absolute Gasteiger partial charge is 0.495 e. The summed E-state index contributed by atoms with van der Waals surface area (Å²) in [7, 11) is 1.65. The summed E-state index contributed by atoms with van der Waals surface area (Å²) in [5.41, 5.74) is 0.856. The molecule has 0 spiro atoms. The van der Waals surface area contributed by atoms with Gasteiger partial charge in [0.05, 0.1) is 24.6 Å². The summed E-state index contributed by atoms with van der Waals surface area (Å²) in [5, 5.41) is 11.9. The third-order valence-corrected chi connectivity index (χ3v) is 5.64. The van der Waals surface area contributed by atoms with Crippen molar-refractivity contribution in [2.75, 3.05) is 31.6 Å². The van der Waals surface area contributed by atoms with E-state index >= 15 is 0 Å². The zero-order valence-corrected chi connectivity index (χ0v) is 17.0. The molecule has 0 saturated carbocycles. The Bertz CT molecular complexity index is 855. The van der Waals surface area contributed by atoms with Crippen molar-refractivity contribution in [2.45, 2.75) is 36.6 Å². The molecular weight excluding hydrogens is 374 g/mol. The van der Waals surface area contributed by atoms with E-state index in [0.29, 0.717) is 5.16 Å². The number of carbonyl (C=O) groups excluding carboxylic acids is 1. The average Bonchev–Trinajstić information content (AvgIpc) is 3.15. The van der Waals surface area contributed by atoms with Gasteiger partial charge in [0.25, 0.3) is 0 Å². The van der Waals surface area contributed by atoms with Crippen LogP contribution in [-0.4, -0.2) is 52.7 Å². The van der Waals surface area contributed by atoms with Crippen molar-refractivity contribution in [3.63, 3.8) is 0 Å². The number of amides is 1. The number of para-hydroxylation sites is 2. The zero-order chi connectivity index (χ0) is 19.9. The van der Waals surface area contributed by atoms with Crippen LogP contribution in [0.4, 0.5) is 5.95 Å². The molecule has 0 aliphatic carbocycles. The summed E-state index contributed by atoms with van der Waals surface area (Å²) in [5.74, 6) is 3.80. The highest BCUT2D eigenvalue weighted by atomic mass is 32.2. The molecule has 1 N–H and O–H groups in total. The number of nitrogens with zero attached hydrogens (tertiary/aromatic N) is 4. The number of aromatic nitrogens is 3. The van der Waals surface area contributed by atoms with E-state index in [1.807, 2.05) is 35.8 Å². The molecule has 1 amide bonds. The summed E-state index contributed by atoms with van der Waals surface area (Å²) in [4.78, 5) is 14.5. The van der Waals surface area contributed by atoms with E-state index in [-0.39, 0.29) is 17.7 Å². The van der Waals surface area contributed by atoms with Crippen LogP contribution in [0, 0.1) is 12.3 Å². The third-order valence-electron chi connectivity index (χ3n) is 4.60. The molecule has 1 unspecified atom stereocenters. The Balaban J connectivity index is 1.97. The fourth-order valence-electron chi connectivity index (χ4n) is 3.16. The van der Waals surface area contributed by atoms with Gasteiger partial charge in [-0.25, -0.2) is 0 Å². The van der Waals surface area contributed by atoms with Gasteiger partial charge in [0.1, 0.15) is 5.75 Å². The van der Waals surface area contributed by atoms with Crippen molar-refractivity contribution < 1.29 is 9.53 Å². The summed E-state index contributed by atoms with van der Waals surface area (Å²) in [6.07, 6.45) is 8.72. The van der Waals surface area contributed by atoms with E-state index in [9.17, 15) is 4.79 Å². The van der Waals surface area contributed by atoms with Gasteiger partial charge in [0.15, 0.2) is 5.16 Å². The number of piperidine rings is 1. The first-order chi connectivity index (χ1) is 13.7. The number of benzene rings is 1. The van der Waals surface area contributed by atoms with Crippen molar-refractivity contribution in [3.8, 4) is 23.8 Å². The number of hydrogen-bond acceptors (Lipinski definition) is 6. The average molecular weight is 400 g/mol. The molecule has 1 aliphatic heterocycles. The Morgan fingerprint density at radius 1 is 1.32 bits per heavy atom. The van der Waals surface area contributed by atoms with Gasteiger partial charge >= 0.3 is 0 Å². The molecule has 1 saturated heterocycles. The fourth-order valence-corrected chi connectivity index (χ4v) is 4.04. The quantitative estimate of drug-likeness (QED) is 0.570. The molecule has 1 aliphatic rings. The molecule has 2 aromatic rings. The van der Waals surface area contributed by atoms with Crippen LogP contribution in [0.15, 0.2) is 29.4 Å². The molecular formula is C20H25N5O2S. The Morgan fingerprint density at radius 2 is 2.07 bits per heavy atom. The lowest BCUT2D eigenvalue weighted by Crippen LogP contribution is -2.32. The molecule has 148 valence electrons. The molecule has 0 radical (unpaired) electrons. The molecule has 8 heteroatoms. The minimum Gasteiger partial charge on any atom is -0.495 e. The van der Waals surface area contributed by atoms with Crippen LogP contribution in [-0.2, 0) is 4.79 Å². The molecule has 0 bridgehead atoms. The van der Waals surface area contributed by atoms with Crippen molar-refractivity contribution in [3.05, 3.63) is 24.3 Å². The van der Waals surface area contributed by atoms with Gasteiger partial charge in [0, 0.05) is 13.1 Å². The topological polar surface area (TPSA) is 72.3 Å². The van der Waals surface area contributed by atoms with Gasteiger partial charge < -0.3 is 15.0 Å². The molecule has 7 nitrogen and oxygen atoms in total.